The molecule has 0 atom stereocenters. The standard InChI is InChI=1S/C16H12O4/c17-14-3-1-2-13(10-14)15(18)9-6-11-4-7-12(8-5-11)16(19)20/h1-10,17H,(H,19,20)/p-1/b9-6+. The molecule has 4 heteroatoms. The van der Waals surface area contributed by atoms with Crippen molar-refractivity contribution >= 4 is 17.8 Å². The van der Waals surface area contributed by atoms with E-state index in [1.165, 1.54) is 36.4 Å². The highest BCUT2D eigenvalue weighted by molar-refractivity contribution is 6.07. The Morgan fingerprint density at radius 2 is 1.70 bits per heavy atom. The molecule has 1 N–H and O–H groups in total. The van der Waals surface area contributed by atoms with Gasteiger partial charge in [-0.15, -0.1) is 5.75 Å². The zero-order valence-electron chi connectivity index (χ0n) is 10.4. The van der Waals surface area contributed by atoms with Gasteiger partial charge >= 0.3 is 5.97 Å². The van der Waals surface area contributed by atoms with Gasteiger partial charge in [-0.3, -0.25) is 4.79 Å². The van der Waals surface area contributed by atoms with Gasteiger partial charge in [0.25, 0.3) is 0 Å². The summed E-state index contributed by atoms with van der Waals surface area (Å²) in [6.45, 7) is 0. The van der Waals surface area contributed by atoms with Crippen molar-refractivity contribution in [1.82, 2.24) is 0 Å². The minimum Gasteiger partial charge on any atom is -0.872 e. The van der Waals surface area contributed by atoms with Gasteiger partial charge in [-0.05, 0) is 23.8 Å². The lowest BCUT2D eigenvalue weighted by atomic mass is 10.1. The van der Waals surface area contributed by atoms with E-state index >= 15 is 0 Å². The van der Waals surface area contributed by atoms with E-state index in [-0.39, 0.29) is 17.1 Å². The van der Waals surface area contributed by atoms with Crippen molar-refractivity contribution in [2.75, 3.05) is 0 Å². The highest BCUT2D eigenvalue weighted by Crippen LogP contribution is 2.11. The quantitative estimate of drug-likeness (QED) is 0.681. The van der Waals surface area contributed by atoms with Crippen molar-refractivity contribution in [1.29, 1.82) is 0 Å². The molecule has 2 rings (SSSR count). The van der Waals surface area contributed by atoms with Crippen molar-refractivity contribution < 1.29 is 19.8 Å². The van der Waals surface area contributed by atoms with Gasteiger partial charge in [0.2, 0.25) is 0 Å². The van der Waals surface area contributed by atoms with Crippen LogP contribution in [0.3, 0.4) is 0 Å². The van der Waals surface area contributed by atoms with Crippen LogP contribution in [0.1, 0.15) is 26.3 Å². The molecule has 0 saturated carbocycles. The van der Waals surface area contributed by atoms with Gasteiger partial charge in [0.05, 0.1) is 5.56 Å². The first kappa shape index (κ1) is 13.5. The van der Waals surface area contributed by atoms with Crippen LogP contribution in [0.5, 0.6) is 5.75 Å². The molecule has 0 fully saturated rings. The Kier molecular flexibility index (Phi) is 3.96. The summed E-state index contributed by atoms with van der Waals surface area (Å²) in [7, 11) is 0. The summed E-state index contributed by atoms with van der Waals surface area (Å²) in [6.07, 6.45) is 2.93. The molecule has 0 saturated heterocycles. The first-order valence-corrected chi connectivity index (χ1v) is 5.89. The number of carbonyl (C=O) groups is 2. The number of allylic oxidation sites excluding steroid dienone is 1. The predicted molar refractivity (Wildman–Crippen MR) is 72.7 cm³/mol. The maximum absolute atomic E-state index is 11.8. The molecular formula is C16H11O4-. The highest BCUT2D eigenvalue weighted by Gasteiger charge is 2.02. The predicted octanol–water partition coefficient (Wildman–Crippen LogP) is 2.35. The molecule has 0 heterocycles. The molecule has 0 unspecified atom stereocenters. The fraction of sp³-hybridized carbons (Fsp3) is 0. The van der Waals surface area contributed by atoms with Crippen LogP contribution in [-0.2, 0) is 0 Å². The normalized spacial score (nSPS) is 10.6. The monoisotopic (exact) mass is 267 g/mol. The second-order valence-electron chi connectivity index (χ2n) is 4.15. The number of rotatable bonds is 4. The van der Waals surface area contributed by atoms with Gasteiger partial charge in [0.1, 0.15) is 0 Å². The number of carbonyl (C=O) groups excluding carboxylic acids is 1. The van der Waals surface area contributed by atoms with E-state index in [1.54, 1.807) is 24.3 Å². The highest BCUT2D eigenvalue weighted by atomic mass is 16.4. The molecule has 0 amide bonds. The molecular weight excluding hydrogens is 256 g/mol. The van der Waals surface area contributed by atoms with Crippen LogP contribution in [0, 0.1) is 0 Å². The number of aromatic carboxylic acids is 1. The molecule has 2 aromatic carbocycles. The van der Waals surface area contributed by atoms with E-state index in [2.05, 4.69) is 0 Å². The molecule has 0 aliphatic carbocycles. The van der Waals surface area contributed by atoms with Gasteiger partial charge in [-0.25, -0.2) is 4.79 Å². The molecule has 0 radical (unpaired) electrons. The lowest BCUT2D eigenvalue weighted by Crippen LogP contribution is -1.97. The topological polar surface area (TPSA) is 77.4 Å². The van der Waals surface area contributed by atoms with Gasteiger partial charge in [0.15, 0.2) is 5.78 Å². The SMILES string of the molecule is O=C(O)c1ccc(/C=C/C(=O)c2cccc([O-])c2)cc1. The summed E-state index contributed by atoms with van der Waals surface area (Å²) in [4.78, 5) is 22.5. The third-order valence-electron chi connectivity index (χ3n) is 2.70. The third kappa shape index (κ3) is 3.32. The lowest BCUT2D eigenvalue weighted by Gasteiger charge is -2.04. The first-order valence-electron chi connectivity index (χ1n) is 5.89. The fourth-order valence-corrected chi connectivity index (χ4v) is 1.65. The van der Waals surface area contributed by atoms with Gasteiger partial charge in [0, 0.05) is 5.56 Å². The van der Waals surface area contributed by atoms with E-state index in [4.69, 9.17) is 5.11 Å². The number of benzene rings is 2. The van der Waals surface area contributed by atoms with Crippen LogP contribution in [0.25, 0.3) is 6.08 Å². The number of hydrogen-bond donors (Lipinski definition) is 1. The Hall–Kier alpha value is -2.88. The average molecular weight is 267 g/mol. The molecule has 4 nitrogen and oxygen atoms in total. The molecule has 20 heavy (non-hydrogen) atoms. The van der Waals surface area contributed by atoms with E-state index in [9.17, 15) is 14.7 Å². The van der Waals surface area contributed by atoms with E-state index in [0.29, 0.717) is 11.1 Å². The fourth-order valence-electron chi connectivity index (χ4n) is 1.65. The number of hydrogen-bond acceptors (Lipinski definition) is 3. The Labute approximate surface area is 115 Å². The smallest absolute Gasteiger partial charge is 0.335 e. The van der Waals surface area contributed by atoms with Crippen LogP contribution in [0.4, 0.5) is 0 Å². The maximum Gasteiger partial charge on any atom is 0.335 e. The van der Waals surface area contributed by atoms with Gasteiger partial charge < -0.3 is 10.2 Å². The summed E-state index contributed by atoms with van der Waals surface area (Å²) < 4.78 is 0. The van der Waals surface area contributed by atoms with Crippen LogP contribution >= 0.6 is 0 Å². The van der Waals surface area contributed by atoms with Crippen LogP contribution < -0.4 is 5.11 Å². The summed E-state index contributed by atoms with van der Waals surface area (Å²) >= 11 is 0. The molecule has 100 valence electrons. The Balaban J connectivity index is 2.13. The lowest BCUT2D eigenvalue weighted by molar-refractivity contribution is -0.268. The molecule has 2 aromatic rings. The summed E-state index contributed by atoms with van der Waals surface area (Å²) in [5, 5.41) is 19.9. The van der Waals surface area contributed by atoms with Crippen molar-refractivity contribution in [3.05, 3.63) is 71.3 Å². The minimum absolute atomic E-state index is 0.188. The Bertz CT molecular complexity index is 669. The van der Waals surface area contributed by atoms with Gasteiger partial charge in [-0.2, -0.15) is 0 Å². The zero-order chi connectivity index (χ0) is 14.5. The molecule has 0 spiro atoms. The van der Waals surface area contributed by atoms with Crippen molar-refractivity contribution in [2.45, 2.75) is 0 Å². The summed E-state index contributed by atoms with van der Waals surface area (Å²) in [5.74, 6) is -1.48. The maximum atomic E-state index is 11.8. The number of ketones is 1. The van der Waals surface area contributed by atoms with Crippen molar-refractivity contribution in [3.63, 3.8) is 0 Å². The summed E-state index contributed by atoms with van der Waals surface area (Å²) in [6, 6.07) is 11.9. The van der Waals surface area contributed by atoms with Crippen molar-refractivity contribution in [3.8, 4) is 5.75 Å². The first-order chi connectivity index (χ1) is 9.56. The molecule has 0 bridgehead atoms. The zero-order valence-corrected chi connectivity index (χ0v) is 10.4. The largest absolute Gasteiger partial charge is 0.872 e. The second kappa shape index (κ2) is 5.84. The van der Waals surface area contributed by atoms with Gasteiger partial charge in [-0.1, -0.05) is 42.5 Å². The molecule has 0 aliphatic heterocycles. The van der Waals surface area contributed by atoms with E-state index < -0.39 is 5.97 Å². The number of carboxylic acids is 1. The minimum atomic E-state index is -0.996. The molecule has 0 aliphatic rings. The molecule has 0 aromatic heterocycles. The average Bonchev–Trinajstić information content (AvgIpc) is 2.45. The third-order valence-corrected chi connectivity index (χ3v) is 2.70. The van der Waals surface area contributed by atoms with Crippen LogP contribution in [-0.4, -0.2) is 16.9 Å². The summed E-state index contributed by atoms with van der Waals surface area (Å²) in [5.41, 5.74) is 1.23. The van der Waals surface area contributed by atoms with Crippen LogP contribution in [0.2, 0.25) is 0 Å². The van der Waals surface area contributed by atoms with Crippen LogP contribution in [0.15, 0.2) is 54.6 Å². The van der Waals surface area contributed by atoms with Crippen molar-refractivity contribution in [2.24, 2.45) is 0 Å². The Morgan fingerprint density at radius 1 is 1.00 bits per heavy atom. The van der Waals surface area contributed by atoms with E-state index in [0.717, 1.165) is 0 Å². The van der Waals surface area contributed by atoms with E-state index in [1.807, 2.05) is 0 Å². The number of carboxylic acid groups (broad SMARTS) is 1. The second-order valence-corrected chi connectivity index (χ2v) is 4.15. The Morgan fingerprint density at radius 3 is 2.30 bits per heavy atom.